The summed E-state index contributed by atoms with van der Waals surface area (Å²) in [5, 5.41) is 87.5. The monoisotopic (exact) mass is 1220 g/mol. The van der Waals surface area contributed by atoms with Crippen molar-refractivity contribution in [1.29, 1.82) is 0 Å². The van der Waals surface area contributed by atoms with Crippen molar-refractivity contribution in [3.05, 3.63) is 48.6 Å². The second-order valence-electron chi connectivity index (χ2n) is 25.3. The SMILES string of the molecule is CC/C=C\C/C=C\C/C=C\C/C=C\CCCCCCCCCCCCCCCCCCCCCCCCCCC(=O)NC(COC1OC(CO)C(OC2OC(CO)C(O)C(O)C2O)C(O)C1O)C(O)CCCCCCCCCCCCCCCCC. The Morgan fingerprint density at radius 3 is 1.23 bits per heavy atom. The van der Waals surface area contributed by atoms with Crippen LogP contribution in [0, 0.1) is 0 Å². The van der Waals surface area contributed by atoms with E-state index in [0.717, 1.165) is 77.0 Å². The third kappa shape index (κ3) is 40.6. The van der Waals surface area contributed by atoms with Gasteiger partial charge in [-0.05, 0) is 51.4 Å². The molecule has 14 nitrogen and oxygen atoms in total. The fourth-order valence-electron chi connectivity index (χ4n) is 11.9. The summed E-state index contributed by atoms with van der Waals surface area (Å²) < 4.78 is 22.9. The maximum atomic E-state index is 13.3. The number of amides is 1. The van der Waals surface area contributed by atoms with Crippen molar-refractivity contribution in [3.63, 3.8) is 0 Å². The second kappa shape index (κ2) is 56.9. The van der Waals surface area contributed by atoms with Crippen molar-refractivity contribution in [2.75, 3.05) is 19.8 Å². The van der Waals surface area contributed by atoms with Crippen molar-refractivity contribution >= 4 is 5.91 Å². The second-order valence-corrected chi connectivity index (χ2v) is 25.3. The molecule has 0 aliphatic carbocycles. The Bertz CT molecular complexity index is 1630. The zero-order valence-corrected chi connectivity index (χ0v) is 54.8. The van der Waals surface area contributed by atoms with Crippen molar-refractivity contribution < 1.29 is 64.6 Å². The smallest absolute Gasteiger partial charge is 0.220 e. The highest BCUT2D eigenvalue weighted by Gasteiger charge is 2.51. The average Bonchev–Trinajstić information content (AvgIpc) is 1.83. The van der Waals surface area contributed by atoms with Gasteiger partial charge in [0.05, 0.1) is 32.0 Å². The topological polar surface area (TPSA) is 228 Å². The lowest BCUT2D eigenvalue weighted by molar-refractivity contribution is -0.359. The molecule has 2 saturated heterocycles. The quantitative estimate of drug-likeness (QED) is 0.0204. The molecular formula is C72H133NO13. The number of rotatable bonds is 59. The van der Waals surface area contributed by atoms with Crippen LogP contribution in [0.1, 0.15) is 309 Å². The molecule has 0 spiro atoms. The number of carbonyl (C=O) groups is 1. The van der Waals surface area contributed by atoms with Gasteiger partial charge in [0.1, 0.15) is 48.8 Å². The first kappa shape index (κ1) is 80.0. The predicted molar refractivity (Wildman–Crippen MR) is 351 cm³/mol. The number of aliphatic hydroxyl groups excluding tert-OH is 8. The molecule has 9 N–H and O–H groups in total. The van der Waals surface area contributed by atoms with E-state index in [4.69, 9.17) is 18.9 Å². The van der Waals surface area contributed by atoms with Crippen molar-refractivity contribution in [1.82, 2.24) is 5.32 Å². The standard InChI is InChI=1S/C72H133NO13/c1-3-5-7-9-11-13-15-17-19-20-21-22-23-24-25-26-27-28-29-30-31-32-33-34-35-36-37-38-39-40-42-44-46-48-50-52-54-56-64(77)73-60(61(76)55-53-51-49-47-45-43-41-18-16-14-12-10-8-6-4-2)59-83-71-69(82)67(80)70(63(58-75)85-71)86-72-68(81)66(79)65(78)62(57-74)84-72/h5,7,11,13,17,19,21-22,60-63,65-72,74-76,78-82H,3-4,6,8-10,12,14-16,18,20,23-59H2,1-2H3,(H,73,77)/b7-5-,13-11-,19-17-,22-21-. The van der Waals surface area contributed by atoms with Crippen LogP contribution < -0.4 is 5.32 Å². The Morgan fingerprint density at radius 1 is 0.430 bits per heavy atom. The maximum absolute atomic E-state index is 13.3. The van der Waals surface area contributed by atoms with Gasteiger partial charge >= 0.3 is 0 Å². The van der Waals surface area contributed by atoms with E-state index in [0.29, 0.717) is 12.8 Å². The molecule has 0 aromatic carbocycles. The predicted octanol–water partition coefficient (Wildman–Crippen LogP) is 14.7. The largest absolute Gasteiger partial charge is 0.394 e. The van der Waals surface area contributed by atoms with Gasteiger partial charge in [0.15, 0.2) is 12.6 Å². The summed E-state index contributed by atoms with van der Waals surface area (Å²) in [6.45, 7) is 2.78. The van der Waals surface area contributed by atoms with Crippen molar-refractivity contribution in [3.8, 4) is 0 Å². The number of aliphatic hydroxyl groups is 8. The summed E-state index contributed by atoms with van der Waals surface area (Å²) in [7, 11) is 0. The fraction of sp³-hybridized carbons (Fsp3) is 0.875. The number of allylic oxidation sites excluding steroid dienone is 8. The highest BCUT2D eigenvalue weighted by molar-refractivity contribution is 5.76. The summed E-state index contributed by atoms with van der Waals surface area (Å²) in [6, 6.07) is -0.827. The molecule has 2 rings (SSSR count). The van der Waals surface area contributed by atoms with Crippen LogP contribution in [0.4, 0.5) is 0 Å². The van der Waals surface area contributed by atoms with E-state index in [2.05, 4.69) is 67.8 Å². The Morgan fingerprint density at radius 2 is 0.802 bits per heavy atom. The van der Waals surface area contributed by atoms with Crippen LogP contribution >= 0.6 is 0 Å². The average molecular weight is 1220 g/mol. The van der Waals surface area contributed by atoms with E-state index in [1.807, 2.05) is 0 Å². The molecular weight excluding hydrogens is 1090 g/mol. The van der Waals surface area contributed by atoms with E-state index in [9.17, 15) is 45.6 Å². The first-order valence-corrected chi connectivity index (χ1v) is 35.9. The van der Waals surface area contributed by atoms with Crippen LogP contribution in [0.15, 0.2) is 48.6 Å². The molecule has 12 atom stereocenters. The zero-order valence-electron chi connectivity index (χ0n) is 54.8. The van der Waals surface area contributed by atoms with E-state index in [1.54, 1.807) is 0 Å². The van der Waals surface area contributed by atoms with Crippen molar-refractivity contribution in [2.24, 2.45) is 0 Å². The van der Waals surface area contributed by atoms with Crippen LogP contribution in [0.5, 0.6) is 0 Å². The molecule has 0 radical (unpaired) electrons. The maximum Gasteiger partial charge on any atom is 0.220 e. The summed E-state index contributed by atoms with van der Waals surface area (Å²) in [4.78, 5) is 13.3. The van der Waals surface area contributed by atoms with Gasteiger partial charge in [-0.3, -0.25) is 4.79 Å². The summed E-state index contributed by atoms with van der Waals surface area (Å²) in [6.07, 6.45) is 57.2. The number of carbonyl (C=O) groups excluding carboxylic acids is 1. The summed E-state index contributed by atoms with van der Waals surface area (Å²) in [5.74, 6) is -0.201. The molecule has 0 aromatic heterocycles. The van der Waals surface area contributed by atoms with Crippen molar-refractivity contribution in [2.45, 2.75) is 383 Å². The zero-order chi connectivity index (χ0) is 62.3. The highest BCUT2D eigenvalue weighted by Crippen LogP contribution is 2.30. The molecule has 0 saturated carbocycles. The van der Waals surface area contributed by atoms with E-state index >= 15 is 0 Å². The Balaban J connectivity index is 1.57. The fourth-order valence-corrected chi connectivity index (χ4v) is 11.9. The van der Waals surface area contributed by atoms with Gasteiger partial charge in [0, 0.05) is 6.42 Å². The first-order chi connectivity index (χ1) is 42.1. The number of nitrogens with one attached hydrogen (secondary N) is 1. The molecule has 86 heavy (non-hydrogen) atoms. The van der Waals surface area contributed by atoms with Crippen LogP contribution in [0.3, 0.4) is 0 Å². The molecule has 2 fully saturated rings. The van der Waals surface area contributed by atoms with Crippen LogP contribution in [0.2, 0.25) is 0 Å². The lowest BCUT2D eigenvalue weighted by Crippen LogP contribution is -2.65. The van der Waals surface area contributed by atoms with E-state index in [1.165, 1.54) is 205 Å². The molecule has 2 heterocycles. The van der Waals surface area contributed by atoms with Gasteiger partial charge in [0.25, 0.3) is 0 Å². The minimum absolute atomic E-state index is 0.201. The van der Waals surface area contributed by atoms with Gasteiger partial charge < -0.3 is 65.1 Å². The minimum atomic E-state index is -1.78. The Hall–Kier alpha value is -2.05. The first-order valence-electron chi connectivity index (χ1n) is 35.9. The number of hydrogen-bond acceptors (Lipinski definition) is 13. The molecule has 1 amide bonds. The van der Waals surface area contributed by atoms with E-state index < -0.39 is 86.8 Å². The molecule has 14 heteroatoms. The molecule has 12 unspecified atom stereocenters. The number of unbranched alkanes of at least 4 members (excludes halogenated alkanes) is 38. The summed E-state index contributed by atoms with van der Waals surface area (Å²) in [5.41, 5.74) is 0. The molecule has 504 valence electrons. The van der Waals surface area contributed by atoms with Gasteiger partial charge in [0.2, 0.25) is 5.91 Å². The minimum Gasteiger partial charge on any atom is -0.394 e. The number of ether oxygens (including phenoxy) is 4. The van der Waals surface area contributed by atoms with Crippen LogP contribution in [-0.4, -0.2) is 140 Å². The van der Waals surface area contributed by atoms with Gasteiger partial charge in [-0.15, -0.1) is 0 Å². The molecule has 0 aromatic rings. The summed E-state index contributed by atoms with van der Waals surface area (Å²) >= 11 is 0. The van der Waals surface area contributed by atoms with Gasteiger partial charge in [-0.1, -0.05) is 300 Å². The van der Waals surface area contributed by atoms with Gasteiger partial charge in [-0.25, -0.2) is 0 Å². The van der Waals surface area contributed by atoms with Gasteiger partial charge in [-0.2, -0.15) is 0 Å². The lowest BCUT2D eigenvalue weighted by Gasteiger charge is -2.46. The van der Waals surface area contributed by atoms with E-state index in [-0.39, 0.29) is 12.5 Å². The third-order valence-electron chi connectivity index (χ3n) is 17.6. The van der Waals surface area contributed by atoms with Crippen LogP contribution in [-0.2, 0) is 23.7 Å². The highest BCUT2D eigenvalue weighted by atomic mass is 16.7. The third-order valence-corrected chi connectivity index (χ3v) is 17.6. The lowest BCUT2D eigenvalue weighted by atomic mass is 9.97. The number of hydrogen-bond donors (Lipinski definition) is 9. The Labute approximate surface area is 524 Å². The molecule has 2 aliphatic heterocycles. The Kier molecular flexibility index (Phi) is 53.0. The normalized spacial score (nSPS) is 23.7. The van der Waals surface area contributed by atoms with Crippen LogP contribution in [0.25, 0.3) is 0 Å². The molecule has 0 bridgehead atoms. The molecule has 2 aliphatic rings.